The lowest BCUT2D eigenvalue weighted by Gasteiger charge is -2.26. The maximum absolute atomic E-state index is 12.8. The summed E-state index contributed by atoms with van der Waals surface area (Å²) in [6, 6.07) is 0. The first kappa shape index (κ1) is 29.4. The van der Waals surface area contributed by atoms with Gasteiger partial charge in [-0.25, -0.2) is 0 Å². The third-order valence-corrected chi connectivity index (χ3v) is 7.20. The van der Waals surface area contributed by atoms with Crippen molar-refractivity contribution in [3.63, 3.8) is 0 Å². The van der Waals surface area contributed by atoms with Gasteiger partial charge in [0.15, 0.2) is 0 Å². The quantitative estimate of drug-likeness (QED) is 0.332. The minimum atomic E-state index is -0.204. The summed E-state index contributed by atoms with van der Waals surface area (Å²) in [6.45, 7) is 12.0. The Balaban J connectivity index is 3.06. The van der Waals surface area contributed by atoms with Gasteiger partial charge in [0, 0.05) is 0 Å². The van der Waals surface area contributed by atoms with Crippen molar-refractivity contribution in [1.82, 2.24) is 0 Å². The molecule has 1 rings (SSSR count). The molecule has 1 heterocycles. The van der Waals surface area contributed by atoms with Crippen molar-refractivity contribution in [3.8, 4) is 0 Å². The van der Waals surface area contributed by atoms with Crippen LogP contribution in [0.25, 0.3) is 0 Å². The highest BCUT2D eigenvalue weighted by Gasteiger charge is 2.29. The van der Waals surface area contributed by atoms with Crippen molar-refractivity contribution in [2.24, 2.45) is 17.8 Å². The minimum absolute atomic E-state index is 0.181. The summed E-state index contributed by atoms with van der Waals surface area (Å²) >= 11 is 0. The number of carbonyl (C=O) groups excluding carboxylic acids is 3. The molecular formula is C27H48O6. The first-order valence-corrected chi connectivity index (χ1v) is 13.4. The minimum Gasteiger partial charge on any atom is -0.462 e. The summed E-state index contributed by atoms with van der Waals surface area (Å²) in [5.41, 5.74) is 0. The molecule has 6 heteroatoms. The second-order valence-electron chi connectivity index (χ2n) is 9.45. The number of ether oxygens (including phenoxy) is 3. The van der Waals surface area contributed by atoms with Crippen LogP contribution in [0.15, 0.2) is 0 Å². The third kappa shape index (κ3) is 10.1. The van der Waals surface area contributed by atoms with E-state index in [1.165, 1.54) is 0 Å². The summed E-state index contributed by atoms with van der Waals surface area (Å²) in [7, 11) is 0. The van der Waals surface area contributed by atoms with Gasteiger partial charge in [0.25, 0.3) is 0 Å². The Morgan fingerprint density at radius 2 is 0.697 bits per heavy atom. The maximum Gasteiger partial charge on any atom is 0.309 e. The van der Waals surface area contributed by atoms with Crippen LogP contribution in [0, 0.1) is 17.8 Å². The van der Waals surface area contributed by atoms with Gasteiger partial charge in [-0.1, -0.05) is 41.5 Å². The average Bonchev–Trinajstić information content (AvgIpc) is 2.81. The van der Waals surface area contributed by atoms with Crippen molar-refractivity contribution < 1.29 is 28.6 Å². The molecule has 0 aliphatic carbocycles. The zero-order valence-electron chi connectivity index (χ0n) is 21.9. The second kappa shape index (κ2) is 16.1. The fourth-order valence-corrected chi connectivity index (χ4v) is 4.45. The largest absolute Gasteiger partial charge is 0.462 e. The van der Waals surface area contributed by atoms with Gasteiger partial charge >= 0.3 is 17.9 Å². The van der Waals surface area contributed by atoms with Crippen LogP contribution >= 0.6 is 0 Å². The van der Waals surface area contributed by atoms with Crippen LogP contribution in [0.1, 0.15) is 119 Å². The van der Waals surface area contributed by atoms with E-state index in [1.807, 2.05) is 41.5 Å². The average molecular weight is 469 g/mol. The standard InChI is InChI=1S/C27H48O6/c1-7-19-13-16-22(10-4)32-26(29)21(9-3)15-18-24(12-6)33-27(30)20(8-2)14-17-23(11-5)31-25(19)28/h19-24H,7-18H2,1-6H3. The molecule has 33 heavy (non-hydrogen) atoms. The van der Waals surface area contributed by atoms with Gasteiger partial charge in [-0.2, -0.15) is 0 Å². The fourth-order valence-electron chi connectivity index (χ4n) is 4.45. The highest BCUT2D eigenvalue weighted by Crippen LogP contribution is 2.25. The molecule has 1 aliphatic rings. The Kier molecular flexibility index (Phi) is 14.4. The summed E-state index contributed by atoms with van der Waals surface area (Å²) in [4.78, 5) is 38.5. The fraction of sp³-hybridized carbons (Fsp3) is 0.889. The van der Waals surface area contributed by atoms with Gasteiger partial charge in [0.2, 0.25) is 0 Å². The summed E-state index contributed by atoms with van der Waals surface area (Å²) in [6.07, 6.45) is 7.60. The van der Waals surface area contributed by atoms with Crippen molar-refractivity contribution >= 4 is 17.9 Å². The maximum atomic E-state index is 12.8. The van der Waals surface area contributed by atoms with Gasteiger partial charge < -0.3 is 14.2 Å². The molecule has 0 amide bonds. The number of rotatable bonds is 6. The molecule has 1 aliphatic heterocycles. The number of carbonyl (C=O) groups is 3. The summed E-state index contributed by atoms with van der Waals surface area (Å²) < 4.78 is 17.5. The lowest BCUT2D eigenvalue weighted by Crippen LogP contribution is -2.30. The molecule has 6 nitrogen and oxygen atoms in total. The molecular weight excluding hydrogens is 420 g/mol. The van der Waals surface area contributed by atoms with Gasteiger partial charge in [0.1, 0.15) is 18.3 Å². The Hall–Kier alpha value is -1.59. The molecule has 0 aromatic heterocycles. The van der Waals surface area contributed by atoms with Crippen molar-refractivity contribution in [1.29, 1.82) is 0 Å². The second-order valence-corrected chi connectivity index (χ2v) is 9.45. The molecule has 192 valence electrons. The zero-order valence-corrected chi connectivity index (χ0v) is 21.9. The van der Waals surface area contributed by atoms with Crippen LogP contribution < -0.4 is 0 Å². The lowest BCUT2D eigenvalue weighted by atomic mass is 9.95. The van der Waals surface area contributed by atoms with E-state index >= 15 is 0 Å². The van der Waals surface area contributed by atoms with Crippen LogP contribution in [0.2, 0.25) is 0 Å². The van der Waals surface area contributed by atoms with Crippen LogP contribution in [-0.4, -0.2) is 36.2 Å². The number of hydrogen-bond donors (Lipinski definition) is 0. The van der Waals surface area contributed by atoms with Gasteiger partial charge in [-0.05, 0) is 77.0 Å². The van der Waals surface area contributed by atoms with E-state index in [-0.39, 0.29) is 54.0 Å². The van der Waals surface area contributed by atoms with Crippen LogP contribution in [0.4, 0.5) is 0 Å². The molecule has 0 N–H and O–H groups in total. The molecule has 1 saturated heterocycles. The third-order valence-electron chi connectivity index (χ3n) is 7.20. The Bertz CT molecular complexity index is 508. The molecule has 6 unspecified atom stereocenters. The van der Waals surface area contributed by atoms with Crippen molar-refractivity contribution in [2.75, 3.05) is 0 Å². The predicted octanol–water partition coefficient (Wildman–Crippen LogP) is 6.38. The molecule has 0 saturated carbocycles. The smallest absolute Gasteiger partial charge is 0.309 e. The van der Waals surface area contributed by atoms with E-state index in [1.54, 1.807) is 0 Å². The van der Waals surface area contributed by atoms with E-state index in [4.69, 9.17) is 14.2 Å². The number of cyclic esters (lactones) is 3. The van der Waals surface area contributed by atoms with Crippen LogP contribution in [-0.2, 0) is 28.6 Å². The molecule has 0 spiro atoms. The lowest BCUT2D eigenvalue weighted by molar-refractivity contribution is -0.158. The molecule has 0 bridgehead atoms. The first-order valence-electron chi connectivity index (χ1n) is 13.4. The molecule has 0 aromatic carbocycles. The van der Waals surface area contributed by atoms with E-state index in [0.29, 0.717) is 57.8 Å². The highest BCUT2D eigenvalue weighted by molar-refractivity contribution is 5.74. The highest BCUT2D eigenvalue weighted by atomic mass is 16.6. The molecule has 1 fully saturated rings. The predicted molar refractivity (Wildman–Crippen MR) is 130 cm³/mol. The van der Waals surface area contributed by atoms with Crippen molar-refractivity contribution in [2.45, 2.75) is 137 Å². The van der Waals surface area contributed by atoms with Gasteiger partial charge in [-0.15, -0.1) is 0 Å². The Labute approximate surface area is 201 Å². The van der Waals surface area contributed by atoms with Gasteiger partial charge in [-0.3, -0.25) is 14.4 Å². The number of esters is 3. The van der Waals surface area contributed by atoms with E-state index in [9.17, 15) is 14.4 Å². The monoisotopic (exact) mass is 468 g/mol. The Morgan fingerprint density at radius 1 is 0.455 bits per heavy atom. The van der Waals surface area contributed by atoms with Gasteiger partial charge in [0.05, 0.1) is 17.8 Å². The van der Waals surface area contributed by atoms with Crippen LogP contribution in [0.5, 0.6) is 0 Å². The molecule has 0 aromatic rings. The normalized spacial score (nSPS) is 31.6. The molecule has 6 atom stereocenters. The Morgan fingerprint density at radius 3 is 0.879 bits per heavy atom. The SMILES string of the molecule is CCC1CCC(CC)C(=O)OC(CC)CCC(CC)C(=O)OC(CC)CCC(CC)C(=O)O1. The van der Waals surface area contributed by atoms with Crippen LogP contribution in [0.3, 0.4) is 0 Å². The summed E-state index contributed by atoms with van der Waals surface area (Å²) in [5.74, 6) is -1.15. The first-order chi connectivity index (χ1) is 15.8. The van der Waals surface area contributed by atoms with E-state index in [2.05, 4.69) is 0 Å². The topological polar surface area (TPSA) is 78.9 Å². The zero-order chi connectivity index (χ0) is 24.8. The van der Waals surface area contributed by atoms with Crippen molar-refractivity contribution in [3.05, 3.63) is 0 Å². The van der Waals surface area contributed by atoms with E-state index in [0.717, 1.165) is 19.3 Å². The molecule has 0 radical (unpaired) electrons. The summed E-state index contributed by atoms with van der Waals surface area (Å²) in [5, 5.41) is 0. The number of hydrogen-bond acceptors (Lipinski definition) is 6. The van der Waals surface area contributed by atoms with E-state index < -0.39 is 0 Å².